The summed E-state index contributed by atoms with van der Waals surface area (Å²) in [6, 6.07) is 1.58. The van der Waals surface area contributed by atoms with Gasteiger partial charge in [-0.2, -0.15) is 5.10 Å². The Bertz CT molecular complexity index is 630. The first kappa shape index (κ1) is 13.1. The number of aryl methyl sites for hydroxylation is 1. The molecule has 0 amide bonds. The summed E-state index contributed by atoms with van der Waals surface area (Å²) < 4.78 is 28.2. The molecule has 0 aliphatic rings. The van der Waals surface area contributed by atoms with Gasteiger partial charge in [0.05, 0.1) is 16.8 Å². The zero-order chi connectivity index (χ0) is 13.2. The summed E-state index contributed by atoms with van der Waals surface area (Å²) in [6.45, 7) is 2.96. The minimum atomic E-state index is -3.55. The van der Waals surface area contributed by atoms with Gasteiger partial charge < -0.3 is 5.73 Å². The third-order valence-corrected chi connectivity index (χ3v) is 4.82. The van der Waals surface area contributed by atoms with Crippen LogP contribution in [0.1, 0.15) is 11.8 Å². The van der Waals surface area contributed by atoms with Gasteiger partial charge in [-0.1, -0.05) is 0 Å². The van der Waals surface area contributed by atoms with Gasteiger partial charge in [-0.05, 0) is 13.0 Å². The first-order valence-corrected chi connectivity index (χ1v) is 7.74. The summed E-state index contributed by atoms with van der Waals surface area (Å²) in [5.74, 6) is 0. The highest BCUT2D eigenvalue weighted by Crippen LogP contribution is 2.21. The molecule has 0 atom stereocenters. The number of nitrogens with two attached hydrogens (primary N) is 1. The molecule has 0 unspecified atom stereocenters. The minimum Gasteiger partial charge on any atom is -0.326 e. The molecule has 3 N–H and O–H groups in total. The van der Waals surface area contributed by atoms with E-state index in [9.17, 15) is 8.42 Å². The lowest BCUT2D eigenvalue weighted by Gasteiger charge is -2.02. The highest BCUT2D eigenvalue weighted by Gasteiger charge is 2.16. The minimum absolute atomic E-state index is 0.234. The van der Waals surface area contributed by atoms with E-state index < -0.39 is 10.0 Å². The molecular formula is C10H14N4O2S2. The van der Waals surface area contributed by atoms with Crippen molar-refractivity contribution in [3.63, 3.8) is 0 Å². The first-order valence-electron chi connectivity index (χ1n) is 5.38. The van der Waals surface area contributed by atoms with Gasteiger partial charge >= 0.3 is 0 Å². The van der Waals surface area contributed by atoms with Crippen LogP contribution in [0.2, 0.25) is 0 Å². The number of thiophene rings is 1. The summed E-state index contributed by atoms with van der Waals surface area (Å²) in [5, 5.41) is 5.58. The van der Waals surface area contributed by atoms with Crippen molar-refractivity contribution in [1.82, 2.24) is 9.78 Å². The molecule has 0 saturated carbocycles. The molecule has 0 aliphatic carbocycles. The van der Waals surface area contributed by atoms with Crippen molar-refractivity contribution in [2.24, 2.45) is 5.73 Å². The Morgan fingerprint density at radius 3 is 2.89 bits per heavy atom. The third-order valence-electron chi connectivity index (χ3n) is 2.35. The van der Waals surface area contributed by atoms with Crippen LogP contribution in [0.15, 0.2) is 28.7 Å². The SMILES string of the molecule is CCn1cc(NS(=O)(=O)c2csc(CN)c2)cn1. The van der Waals surface area contributed by atoms with Crippen molar-refractivity contribution in [3.8, 4) is 0 Å². The lowest BCUT2D eigenvalue weighted by Crippen LogP contribution is -2.11. The topological polar surface area (TPSA) is 90.0 Å². The number of hydrogen-bond acceptors (Lipinski definition) is 5. The lowest BCUT2D eigenvalue weighted by atomic mass is 10.5. The van der Waals surface area contributed by atoms with E-state index >= 15 is 0 Å². The first-order chi connectivity index (χ1) is 8.55. The Labute approximate surface area is 109 Å². The number of aromatic nitrogens is 2. The van der Waals surface area contributed by atoms with Crippen LogP contribution in [0.3, 0.4) is 0 Å². The Kier molecular flexibility index (Phi) is 3.69. The van der Waals surface area contributed by atoms with E-state index in [1.54, 1.807) is 22.3 Å². The predicted octanol–water partition coefficient (Wildman–Crippen LogP) is 1.22. The van der Waals surface area contributed by atoms with Crippen LogP contribution < -0.4 is 10.5 Å². The third kappa shape index (κ3) is 2.71. The van der Waals surface area contributed by atoms with Crippen LogP contribution in [-0.2, 0) is 23.1 Å². The molecular weight excluding hydrogens is 272 g/mol. The van der Waals surface area contributed by atoms with Crippen molar-refractivity contribution in [1.29, 1.82) is 0 Å². The van der Waals surface area contributed by atoms with Gasteiger partial charge in [-0.3, -0.25) is 9.40 Å². The average Bonchev–Trinajstić information content (AvgIpc) is 2.96. The molecule has 2 heterocycles. The normalized spacial score (nSPS) is 11.7. The zero-order valence-electron chi connectivity index (χ0n) is 9.83. The molecule has 0 aliphatic heterocycles. The van der Waals surface area contributed by atoms with Gasteiger partial charge in [-0.25, -0.2) is 8.42 Å². The summed E-state index contributed by atoms with van der Waals surface area (Å²) in [6.07, 6.45) is 3.13. The molecule has 8 heteroatoms. The van der Waals surface area contributed by atoms with Crippen LogP contribution in [0.5, 0.6) is 0 Å². The molecule has 2 rings (SSSR count). The van der Waals surface area contributed by atoms with Gasteiger partial charge in [0.1, 0.15) is 0 Å². The summed E-state index contributed by atoms with van der Waals surface area (Å²) in [5.41, 5.74) is 5.92. The fourth-order valence-electron chi connectivity index (χ4n) is 1.41. The second kappa shape index (κ2) is 5.09. The molecule has 98 valence electrons. The summed E-state index contributed by atoms with van der Waals surface area (Å²) in [4.78, 5) is 1.07. The average molecular weight is 286 g/mol. The van der Waals surface area contributed by atoms with Crippen LogP contribution in [-0.4, -0.2) is 18.2 Å². The van der Waals surface area contributed by atoms with Gasteiger partial charge in [0.2, 0.25) is 0 Å². The quantitative estimate of drug-likeness (QED) is 0.865. The predicted molar refractivity (Wildman–Crippen MR) is 70.9 cm³/mol. The van der Waals surface area contributed by atoms with E-state index in [0.29, 0.717) is 18.8 Å². The summed E-state index contributed by atoms with van der Waals surface area (Å²) >= 11 is 1.33. The Hall–Kier alpha value is -1.38. The fraction of sp³-hybridized carbons (Fsp3) is 0.300. The maximum absolute atomic E-state index is 12.0. The van der Waals surface area contributed by atoms with Gasteiger partial charge in [0, 0.05) is 29.5 Å². The van der Waals surface area contributed by atoms with E-state index in [2.05, 4.69) is 9.82 Å². The highest BCUT2D eigenvalue weighted by atomic mass is 32.2. The number of hydrogen-bond donors (Lipinski definition) is 2. The standard InChI is InChI=1S/C10H14N4O2S2/c1-2-14-6-8(5-12-14)13-18(15,16)10-3-9(4-11)17-7-10/h3,5-7,13H,2,4,11H2,1H3. The zero-order valence-corrected chi connectivity index (χ0v) is 11.5. The molecule has 2 aromatic heterocycles. The van der Waals surface area contributed by atoms with E-state index in [1.807, 2.05) is 6.92 Å². The number of rotatable bonds is 5. The van der Waals surface area contributed by atoms with Gasteiger partial charge in [0.15, 0.2) is 0 Å². The lowest BCUT2D eigenvalue weighted by molar-refractivity contribution is 0.601. The molecule has 0 radical (unpaired) electrons. The molecule has 0 spiro atoms. The molecule has 0 bridgehead atoms. The largest absolute Gasteiger partial charge is 0.326 e. The van der Waals surface area contributed by atoms with Crippen molar-refractivity contribution >= 4 is 27.0 Å². The number of sulfonamides is 1. The molecule has 2 aromatic rings. The smallest absolute Gasteiger partial charge is 0.262 e. The Morgan fingerprint density at radius 2 is 2.33 bits per heavy atom. The maximum Gasteiger partial charge on any atom is 0.262 e. The van der Waals surface area contributed by atoms with Gasteiger partial charge in [0.25, 0.3) is 10.0 Å². The number of nitrogens with zero attached hydrogens (tertiary/aromatic N) is 2. The van der Waals surface area contributed by atoms with Crippen LogP contribution >= 0.6 is 11.3 Å². The monoisotopic (exact) mass is 286 g/mol. The van der Waals surface area contributed by atoms with Crippen LogP contribution in [0.25, 0.3) is 0 Å². The van der Waals surface area contributed by atoms with Crippen molar-refractivity contribution in [2.75, 3.05) is 4.72 Å². The number of anilines is 1. The van der Waals surface area contributed by atoms with Crippen LogP contribution in [0, 0.1) is 0 Å². The number of nitrogens with one attached hydrogen (secondary N) is 1. The van der Waals surface area contributed by atoms with E-state index in [-0.39, 0.29) is 4.90 Å². The van der Waals surface area contributed by atoms with E-state index in [4.69, 9.17) is 5.73 Å². The Balaban J connectivity index is 2.21. The molecule has 6 nitrogen and oxygen atoms in total. The molecule has 0 saturated heterocycles. The Morgan fingerprint density at radius 1 is 1.56 bits per heavy atom. The highest BCUT2D eigenvalue weighted by molar-refractivity contribution is 7.92. The van der Waals surface area contributed by atoms with Crippen molar-refractivity contribution in [3.05, 3.63) is 28.7 Å². The van der Waals surface area contributed by atoms with E-state index in [1.165, 1.54) is 17.5 Å². The van der Waals surface area contributed by atoms with Crippen molar-refractivity contribution in [2.45, 2.75) is 24.9 Å². The van der Waals surface area contributed by atoms with Gasteiger partial charge in [-0.15, -0.1) is 11.3 Å². The molecule has 0 fully saturated rings. The van der Waals surface area contributed by atoms with Crippen LogP contribution in [0.4, 0.5) is 5.69 Å². The second-order valence-electron chi connectivity index (χ2n) is 3.64. The maximum atomic E-state index is 12.0. The van der Waals surface area contributed by atoms with Crippen molar-refractivity contribution < 1.29 is 8.42 Å². The fourth-order valence-corrected chi connectivity index (χ4v) is 3.60. The van der Waals surface area contributed by atoms with E-state index in [0.717, 1.165) is 4.88 Å². The molecule has 18 heavy (non-hydrogen) atoms. The molecule has 0 aromatic carbocycles. The summed E-state index contributed by atoms with van der Waals surface area (Å²) in [7, 11) is -3.55. The second-order valence-corrected chi connectivity index (χ2v) is 6.32.